The van der Waals surface area contributed by atoms with Crippen molar-refractivity contribution in [3.05, 3.63) is 0 Å². The number of rotatable bonds is 7. The summed E-state index contributed by atoms with van der Waals surface area (Å²) in [6.45, 7) is 8.61. The first-order valence-corrected chi connectivity index (χ1v) is 7.83. The van der Waals surface area contributed by atoms with Crippen molar-refractivity contribution in [2.75, 3.05) is 13.3 Å². The van der Waals surface area contributed by atoms with Gasteiger partial charge in [-0.05, 0) is 17.4 Å². The van der Waals surface area contributed by atoms with Crippen LogP contribution in [0.3, 0.4) is 0 Å². The Kier molecular flexibility index (Phi) is 13.6. The molecule has 0 spiro atoms. The summed E-state index contributed by atoms with van der Waals surface area (Å²) < 4.78 is 14.6. The zero-order valence-corrected chi connectivity index (χ0v) is 13.4. The maximum Gasteiger partial charge on any atom is 0.505 e. The van der Waals surface area contributed by atoms with Gasteiger partial charge in [0.1, 0.15) is 6.04 Å². The van der Waals surface area contributed by atoms with Crippen molar-refractivity contribution in [2.45, 2.75) is 58.7 Å². The number of hydrogen-bond acceptors (Lipinski definition) is 5. The van der Waals surface area contributed by atoms with Gasteiger partial charge in [0.05, 0.1) is 7.11 Å². The van der Waals surface area contributed by atoms with Crippen LogP contribution >= 0.6 is 8.03 Å². The van der Waals surface area contributed by atoms with Crippen LogP contribution in [0, 0.1) is 0 Å². The number of nitrogens with two attached hydrogens (primary N) is 1. The Hall–Kier alpha value is -0.550. The summed E-state index contributed by atoms with van der Waals surface area (Å²) in [5.74, 6) is -0.483. The quantitative estimate of drug-likeness (QED) is 0.484. The third kappa shape index (κ3) is 17.4. The summed E-state index contributed by atoms with van der Waals surface area (Å²) in [7, 11) is -0.854. The third-order valence-electron chi connectivity index (χ3n) is 2.04. The molecule has 0 aromatic rings. The Morgan fingerprint density at radius 2 is 1.79 bits per heavy atom. The highest BCUT2D eigenvalue weighted by Gasteiger charge is 2.16. The van der Waals surface area contributed by atoms with Crippen LogP contribution in [0.25, 0.3) is 0 Å². The average molecular weight is 295 g/mol. The van der Waals surface area contributed by atoms with E-state index < -0.39 is 20.0 Å². The Bertz CT molecular complexity index is 254. The molecule has 0 bridgehead atoms. The monoisotopic (exact) mass is 295 g/mol. The summed E-state index contributed by atoms with van der Waals surface area (Å²) in [5.41, 5.74) is 5.36. The van der Waals surface area contributed by atoms with Crippen LogP contribution in [-0.2, 0) is 14.1 Å². The molecule has 7 heteroatoms. The van der Waals surface area contributed by atoms with Gasteiger partial charge in [-0.2, -0.15) is 4.89 Å². The van der Waals surface area contributed by atoms with E-state index in [1.165, 1.54) is 7.11 Å². The Morgan fingerprint density at radius 3 is 2.05 bits per heavy atom. The highest BCUT2D eigenvalue weighted by molar-refractivity contribution is 7.37. The first-order chi connectivity index (χ1) is 8.70. The van der Waals surface area contributed by atoms with Gasteiger partial charge in [0.2, 0.25) is 0 Å². The molecule has 19 heavy (non-hydrogen) atoms. The number of carbonyl (C=O) groups excluding carboxylic acids is 1. The Balaban J connectivity index is 0. The van der Waals surface area contributed by atoms with Gasteiger partial charge in [-0.1, -0.05) is 27.7 Å². The molecule has 0 amide bonds. The molecule has 0 saturated carbocycles. The summed E-state index contributed by atoms with van der Waals surface area (Å²) in [5, 5.41) is 3.31. The molecule has 0 aromatic heterocycles. The van der Waals surface area contributed by atoms with Crippen LogP contribution in [0.5, 0.6) is 0 Å². The lowest BCUT2D eigenvalue weighted by Gasteiger charge is -2.10. The fraction of sp³-hybridized carbons (Fsp3) is 0.917. The van der Waals surface area contributed by atoms with Crippen molar-refractivity contribution in [3.8, 4) is 0 Å². The van der Waals surface area contributed by atoms with E-state index in [0.717, 1.165) is 0 Å². The van der Waals surface area contributed by atoms with Crippen LogP contribution in [0.2, 0.25) is 0 Å². The van der Waals surface area contributed by atoms with Crippen molar-refractivity contribution in [1.29, 1.82) is 0 Å². The van der Waals surface area contributed by atoms with Crippen molar-refractivity contribution < 1.29 is 19.0 Å². The molecule has 0 aliphatic heterocycles. The molecule has 2 atom stereocenters. The molecular weight excluding hydrogens is 267 g/mol. The lowest BCUT2D eigenvalue weighted by atomic mass is 10.2. The van der Waals surface area contributed by atoms with E-state index in [-0.39, 0.29) is 6.16 Å². The smallest absolute Gasteiger partial charge is 0.468 e. The van der Waals surface area contributed by atoms with Gasteiger partial charge < -0.3 is 15.8 Å². The van der Waals surface area contributed by atoms with E-state index in [0.29, 0.717) is 24.9 Å². The summed E-state index contributed by atoms with van der Waals surface area (Å²) in [4.78, 5) is 19.1. The summed E-state index contributed by atoms with van der Waals surface area (Å²) in [6, 6.07) is 0.574. The van der Waals surface area contributed by atoms with Crippen molar-refractivity contribution in [3.63, 3.8) is 0 Å². The van der Waals surface area contributed by atoms with Gasteiger partial charge in [0.25, 0.3) is 0 Å². The number of nitrogens with one attached hydrogen (secondary N) is 1. The normalized spacial score (nSPS) is 12.8. The SMILES string of the molecule is CC(C)NC(C)C.COC(=O)C(N)CCC[P+](=O)O. The van der Waals surface area contributed by atoms with Crippen molar-refractivity contribution in [2.24, 2.45) is 5.73 Å². The highest BCUT2D eigenvalue weighted by Crippen LogP contribution is 2.15. The van der Waals surface area contributed by atoms with Crippen molar-refractivity contribution in [1.82, 2.24) is 5.32 Å². The fourth-order valence-corrected chi connectivity index (χ4v) is 1.84. The Morgan fingerprint density at radius 1 is 1.32 bits per heavy atom. The predicted octanol–water partition coefficient (Wildman–Crippen LogP) is 1.39. The first-order valence-electron chi connectivity index (χ1n) is 6.43. The Labute approximate surface area is 117 Å². The number of hydrogen-bond donors (Lipinski definition) is 3. The molecule has 0 radical (unpaired) electrons. The molecule has 0 rings (SSSR count). The molecule has 0 aromatic carbocycles. The number of carbonyl (C=O) groups is 1. The molecule has 4 N–H and O–H groups in total. The molecule has 114 valence electrons. The van der Waals surface area contributed by atoms with Crippen LogP contribution in [0.1, 0.15) is 40.5 Å². The second kappa shape index (κ2) is 12.5. The molecular formula is C12H28N2O4P+. The lowest BCUT2D eigenvalue weighted by Crippen LogP contribution is -2.31. The molecule has 0 heterocycles. The number of esters is 1. The minimum atomic E-state index is -2.11. The minimum absolute atomic E-state index is 0.181. The topological polar surface area (TPSA) is 102 Å². The second-order valence-corrected chi connectivity index (χ2v) is 5.98. The number of methoxy groups -OCH3 is 1. The van der Waals surface area contributed by atoms with E-state index in [9.17, 15) is 9.36 Å². The molecule has 0 saturated heterocycles. The maximum absolute atomic E-state index is 10.7. The minimum Gasteiger partial charge on any atom is -0.468 e. The predicted molar refractivity (Wildman–Crippen MR) is 77.3 cm³/mol. The molecule has 2 unspecified atom stereocenters. The molecule has 0 fully saturated rings. The van der Waals surface area contributed by atoms with E-state index in [1.54, 1.807) is 0 Å². The van der Waals surface area contributed by atoms with Crippen LogP contribution in [0.4, 0.5) is 0 Å². The van der Waals surface area contributed by atoms with E-state index in [1.807, 2.05) is 0 Å². The highest BCUT2D eigenvalue weighted by atomic mass is 31.1. The van der Waals surface area contributed by atoms with Gasteiger partial charge in [0.15, 0.2) is 6.16 Å². The van der Waals surface area contributed by atoms with E-state index in [4.69, 9.17) is 10.6 Å². The van der Waals surface area contributed by atoms with Crippen LogP contribution < -0.4 is 11.1 Å². The number of ether oxygens (including phenoxy) is 1. The van der Waals surface area contributed by atoms with Crippen LogP contribution in [0.15, 0.2) is 0 Å². The lowest BCUT2D eigenvalue weighted by molar-refractivity contribution is -0.142. The zero-order valence-electron chi connectivity index (χ0n) is 12.5. The largest absolute Gasteiger partial charge is 0.505 e. The van der Waals surface area contributed by atoms with Gasteiger partial charge in [0, 0.05) is 12.1 Å². The van der Waals surface area contributed by atoms with Gasteiger partial charge in [-0.25, -0.2) is 0 Å². The van der Waals surface area contributed by atoms with Crippen molar-refractivity contribution >= 4 is 14.0 Å². The fourth-order valence-electron chi connectivity index (χ4n) is 1.38. The molecule has 0 aliphatic carbocycles. The molecule has 0 aliphatic rings. The summed E-state index contributed by atoms with van der Waals surface area (Å²) in [6.07, 6.45) is 1.02. The summed E-state index contributed by atoms with van der Waals surface area (Å²) >= 11 is 0. The van der Waals surface area contributed by atoms with Gasteiger partial charge in [-0.15, -0.1) is 0 Å². The average Bonchev–Trinajstić information content (AvgIpc) is 2.26. The van der Waals surface area contributed by atoms with E-state index >= 15 is 0 Å². The standard InChI is InChI=1S/C6H12NO4P.C6H15N/c1-11-6(8)5(7)3-2-4-12(9)10;1-5(2)7-6(3)4/h5H,2-4,7H2,1H3;5-7H,1-4H3/p+1. The maximum atomic E-state index is 10.7. The third-order valence-corrected chi connectivity index (χ3v) is 2.73. The first kappa shape index (κ1) is 20.8. The second-order valence-electron chi connectivity index (χ2n) is 4.82. The van der Waals surface area contributed by atoms with Gasteiger partial charge in [-0.3, -0.25) is 4.79 Å². The molecule has 6 nitrogen and oxygen atoms in total. The van der Waals surface area contributed by atoms with Gasteiger partial charge >= 0.3 is 14.0 Å². The van der Waals surface area contributed by atoms with Crippen LogP contribution in [-0.4, -0.2) is 42.3 Å². The zero-order chi connectivity index (χ0) is 15.4. The van der Waals surface area contributed by atoms with E-state index in [2.05, 4.69) is 37.7 Å².